The maximum Gasteiger partial charge on any atom is 0.178 e. The number of aromatic nitrogens is 4. The number of hydrogen-bond donors (Lipinski definition) is 1. The Hall–Kier alpha value is -1.32. The number of fused-ring (bicyclic) bond motifs is 1. The third-order valence-corrected chi connectivity index (χ3v) is 2.16. The fraction of sp³-hybridized carbons (Fsp3) is 0.556. The van der Waals surface area contributed by atoms with E-state index >= 15 is 0 Å². The summed E-state index contributed by atoms with van der Waals surface area (Å²) in [6.07, 6.45) is 4.96. The van der Waals surface area contributed by atoms with Gasteiger partial charge in [0.05, 0.1) is 6.20 Å². The molecule has 70 valence electrons. The molecule has 0 radical (unpaired) electrons. The Morgan fingerprint density at radius 1 is 1.46 bits per heavy atom. The monoisotopic (exact) mass is 178 g/mol. The summed E-state index contributed by atoms with van der Waals surface area (Å²) in [5.41, 5.74) is 2.18. The lowest BCUT2D eigenvalue weighted by Crippen LogP contribution is -1.89. The molecule has 0 saturated heterocycles. The van der Waals surface area contributed by atoms with Crippen LogP contribution in [0.5, 0.6) is 0 Å². The van der Waals surface area contributed by atoms with Crippen molar-refractivity contribution < 1.29 is 0 Å². The molecule has 0 unspecified atom stereocenters. The van der Waals surface area contributed by atoms with Gasteiger partial charge in [-0.1, -0.05) is 13.8 Å². The van der Waals surface area contributed by atoms with E-state index in [0.29, 0.717) is 0 Å². The number of aryl methyl sites for hydroxylation is 2. The highest BCUT2D eigenvalue weighted by Crippen LogP contribution is 2.09. The van der Waals surface area contributed by atoms with Crippen LogP contribution in [-0.4, -0.2) is 19.8 Å². The van der Waals surface area contributed by atoms with Crippen molar-refractivity contribution in [1.29, 1.82) is 0 Å². The molecule has 0 aliphatic rings. The van der Waals surface area contributed by atoms with Gasteiger partial charge in [-0.3, -0.25) is 5.10 Å². The number of hydrogen-bond acceptors (Lipinski definition) is 2. The molecule has 2 aromatic heterocycles. The van der Waals surface area contributed by atoms with Crippen molar-refractivity contribution in [3.8, 4) is 0 Å². The van der Waals surface area contributed by atoms with Crippen molar-refractivity contribution in [1.82, 2.24) is 19.8 Å². The predicted octanol–water partition coefficient (Wildman–Crippen LogP) is 1.57. The average molecular weight is 178 g/mol. The van der Waals surface area contributed by atoms with Gasteiger partial charge in [-0.15, -0.1) is 0 Å². The van der Waals surface area contributed by atoms with Gasteiger partial charge in [0.25, 0.3) is 0 Å². The molecule has 13 heavy (non-hydrogen) atoms. The van der Waals surface area contributed by atoms with Crippen molar-refractivity contribution in [2.75, 3.05) is 0 Å². The van der Waals surface area contributed by atoms with Crippen LogP contribution < -0.4 is 0 Å². The van der Waals surface area contributed by atoms with Gasteiger partial charge in [0.15, 0.2) is 5.65 Å². The molecule has 4 nitrogen and oxygen atoms in total. The number of H-pyrrole nitrogens is 1. The fourth-order valence-corrected chi connectivity index (χ4v) is 1.45. The molecule has 0 amide bonds. The molecule has 0 aliphatic carbocycles. The number of nitrogens with zero attached hydrogens (tertiary/aromatic N) is 3. The maximum atomic E-state index is 4.48. The van der Waals surface area contributed by atoms with E-state index in [0.717, 1.165) is 30.7 Å². The molecule has 0 aliphatic heterocycles. The second-order valence-electron chi connectivity index (χ2n) is 3.18. The Bertz CT molecular complexity index is 399. The van der Waals surface area contributed by atoms with Crippen molar-refractivity contribution in [2.24, 2.45) is 0 Å². The van der Waals surface area contributed by atoms with E-state index in [2.05, 4.69) is 29.0 Å². The van der Waals surface area contributed by atoms with E-state index in [-0.39, 0.29) is 0 Å². The van der Waals surface area contributed by atoms with Gasteiger partial charge in [-0.05, 0) is 12.8 Å². The zero-order valence-electron chi connectivity index (χ0n) is 8.04. The lowest BCUT2D eigenvalue weighted by atomic mass is 10.3. The molecule has 2 rings (SSSR count). The molecule has 0 bridgehead atoms. The molecular weight excluding hydrogens is 164 g/mol. The minimum absolute atomic E-state index is 0.978. The summed E-state index contributed by atoms with van der Waals surface area (Å²) >= 11 is 0. The maximum absolute atomic E-state index is 4.48. The van der Waals surface area contributed by atoms with E-state index in [1.54, 1.807) is 4.63 Å². The molecule has 2 heterocycles. The van der Waals surface area contributed by atoms with Crippen LogP contribution in [0.4, 0.5) is 0 Å². The topological polar surface area (TPSA) is 46.0 Å². The average Bonchev–Trinajstić information content (AvgIpc) is 2.63. The third-order valence-electron chi connectivity index (χ3n) is 2.16. The molecule has 1 N–H and O–H groups in total. The van der Waals surface area contributed by atoms with E-state index in [9.17, 15) is 0 Å². The summed E-state index contributed by atoms with van der Waals surface area (Å²) in [4.78, 5) is 4.48. The predicted molar refractivity (Wildman–Crippen MR) is 50.7 cm³/mol. The van der Waals surface area contributed by atoms with Crippen molar-refractivity contribution in [2.45, 2.75) is 33.1 Å². The van der Waals surface area contributed by atoms with Crippen molar-refractivity contribution in [3.05, 3.63) is 17.6 Å². The van der Waals surface area contributed by atoms with E-state index in [4.69, 9.17) is 0 Å². The molecule has 2 aromatic rings. The lowest BCUT2D eigenvalue weighted by Gasteiger charge is -1.87. The van der Waals surface area contributed by atoms with E-state index in [1.165, 1.54) is 5.56 Å². The first-order valence-electron chi connectivity index (χ1n) is 4.76. The van der Waals surface area contributed by atoms with Gasteiger partial charge in [0.2, 0.25) is 0 Å². The molecular formula is C9H14N4. The van der Waals surface area contributed by atoms with Gasteiger partial charge in [-0.2, -0.15) is 9.73 Å². The Labute approximate surface area is 77.0 Å². The van der Waals surface area contributed by atoms with Crippen LogP contribution in [0.2, 0.25) is 0 Å². The van der Waals surface area contributed by atoms with Crippen LogP contribution in [0.3, 0.4) is 0 Å². The molecule has 0 saturated carbocycles. The largest absolute Gasteiger partial charge is 0.263 e. The Morgan fingerprint density at radius 2 is 2.31 bits per heavy atom. The second-order valence-corrected chi connectivity index (χ2v) is 3.18. The second kappa shape index (κ2) is 3.20. The first-order chi connectivity index (χ1) is 6.35. The Morgan fingerprint density at radius 3 is 3.00 bits per heavy atom. The van der Waals surface area contributed by atoms with Crippen molar-refractivity contribution >= 4 is 5.65 Å². The number of rotatable bonds is 3. The summed E-state index contributed by atoms with van der Waals surface area (Å²) < 4.78 is 1.75. The van der Waals surface area contributed by atoms with Crippen LogP contribution >= 0.6 is 0 Å². The highest BCUT2D eigenvalue weighted by molar-refractivity contribution is 5.45. The van der Waals surface area contributed by atoms with Gasteiger partial charge in [-0.25, -0.2) is 4.98 Å². The lowest BCUT2D eigenvalue weighted by molar-refractivity contribution is 0.764. The first kappa shape index (κ1) is 8.29. The smallest absolute Gasteiger partial charge is 0.178 e. The highest BCUT2D eigenvalue weighted by atomic mass is 15.5. The minimum atomic E-state index is 0.978. The summed E-state index contributed by atoms with van der Waals surface area (Å²) in [7, 11) is 0. The molecule has 0 fully saturated rings. The van der Waals surface area contributed by atoms with Gasteiger partial charge < -0.3 is 0 Å². The van der Waals surface area contributed by atoms with Crippen LogP contribution in [0.25, 0.3) is 5.65 Å². The Kier molecular flexibility index (Phi) is 2.04. The highest BCUT2D eigenvalue weighted by Gasteiger charge is 2.06. The Balaban J connectivity index is 2.44. The summed E-state index contributed by atoms with van der Waals surface area (Å²) in [5, 5.41) is 7.34. The van der Waals surface area contributed by atoms with Crippen molar-refractivity contribution in [3.63, 3.8) is 0 Å². The number of aromatic amines is 1. The van der Waals surface area contributed by atoms with E-state index < -0.39 is 0 Å². The molecule has 4 heteroatoms. The van der Waals surface area contributed by atoms with Crippen LogP contribution in [0.15, 0.2) is 6.20 Å². The van der Waals surface area contributed by atoms with Crippen LogP contribution in [0.1, 0.15) is 31.7 Å². The van der Waals surface area contributed by atoms with Crippen LogP contribution in [0, 0.1) is 0 Å². The zero-order valence-corrected chi connectivity index (χ0v) is 8.04. The minimum Gasteiger partial charge on any atom is -0.263 e. The van der Waals surface area contributed by atoms with Gasteiger partial charge >= 0.3 is 0 Å². The third kappa shape index (κ3) is 1.32. The molecule has 0 aromatic carbocycles. The summed E-state index contributed by atoms with van der Waals surface area (Å²) in [6, 6.07) is 0. The van der Waals surface area contributed by atoms with E-state index in [1.807, 2.05) is 6.20 Å². The quantitative estimate of drug-likeness (QED) is 0.775. The standard InChI is InChI=1S/C9H14N4/c1-3-5-8-11-9-7(4-2)6-10-13(9)12-8/h6H,3-5H2,1-2H3,(H,11,12). The molecule has 0 spiro atoms. The fourth-order valence-electron chi connectivity index (χ4n) is 1.45. The SMILES string of the molecule is CCCc1nc2c(CC)cnn2[nH]1. The normalized spacial score (nSPS) is 11.2. The van der Waals surface area contributed by atoms with Gasteiger partial charge in [0.1, 0.15) is 5.82 Å². The van der Waals surface area contributed by atoms with Crippen LogP contribution in [-0.2, 0) is 12.8 Å². The zero-order chi connectivity index (χ0) is 9.26. The van der Waals surface area contributed by atoms with Gasteiger partial charge in [0, 0.05) is 12.0 Å². The molecule has 0 atom stereocenters. The first-order valence-corrected chi connectivity index (χ1v) is 4.76. The summed E-state index contributed by atoms with van der Waals surface area (Å²) in [5.74, 6) is 1.03. The summed E-state index contributed by atoms with van der Waals surface area (Å²) in [6.45, 7) is 4.26. The number of nitrogens with one attached hydrogen (secondary N) is 1.